The molecule has 37 heavy (non-hydrogen) atoms. The fourth-order valence-corrected chi connectivity index (χ4v) is 4.43. The van der Waals surface area contributed by atoms with Gasteiger partial charge in [0.1, 0.15) is 11.5 Å². The molecular formula is C29H26N4O4. The molecule has 1 aliphatic rings. The number of anilines is 1. The number of methoxy groups -OCH3 is 2. The first-order valence-corrected chi connectivity index (χ1v) is 11.6. The Bertz CT molecular complexity index is 1390. The minimum atomic E-state index is -0.899. The monoisotopic (exact) mass is 494 g/mol. The predicted octanol–water partition coefficient (Wildman–Crippen LogP) is 3.76. The number of nitriles is 1. The van der Waals surface area contributed by atoms with E-state index in [1.807, 2.05) is 30.3 Å². The molecule has 2 heterocycles. The zero-order valence-corrected chi connectivity index (χ0v) is 20.5. The lowest BCUT2D eigenvalue weighted by Crippen LogP contribution is -2.40. The largest absolute Gasteiger partial charge is 0.466 e. The summed E-state index contributed by atoms with van der Waals surface area (Å²) in [5.41, 5.74) is 9.92. The number of nitrogens with two attached hydrogens (primary N) is 1. The minimum absolute atomic E-state index is 0.0203. The van der Waals surface area contributed by atoms with Crippen molar-refractivity contribution in [2.45, 2.75) is 18.8 Å². The highest BCUT2D eigenvalue weighted by molar-refractivity contribution is 6.06. The molecule has 1 aromatic heterocycles. The van der Waals surface area contributed by atoms with Gasteiger partial charge in [0.25, 0.3) is 0 Å². The van der Waals surface area contributed by atoms with Gasteiger partial charge in [-0.2, -0.15) is 5.26 Å². The topological polar surface area (TPSA) is 119 Å². The summed E-state index contributed by atoms with van der Waals surface area (Å²) in [6.07, 6.45) is 5.16. The molecule has 0 saturated carbocycles. The molecular weight excluding hydrogens is 468 g/mol. The fraction of sp³-hybridized carbons (Fsp3) is 0.172. The zero-order valence-electron chi connectivity index (χ0n) is 20.5. The molecule has 0 aliphatic carbocycles. The van der Waals surface area contributed by atoms with Crippen molar-refractivity contribution in [3.8, 4) is 6.07 Å². The number of allylic oxidation sites excluding steroid dienone is 1. The summed E-state index contributed by atoms with van der Waals surface area (Å²) in [6.45, 7) is 0. The van der Waals surface area contributed by atoms with Crippen LogP contribution in [0.15, 0.2) is 102 Å². The molecule has 1 atom stereocenters. The molecule has 0 amide bonds. The van der Waals surface area contributed by atoms with Gasteiger partial charge in [0, 0.05) is 18.1 Å². The van der Waals surface area contributed by atoms with Gasteiger partial charge in [-0.15, -0.1) is 0 Å². The van der Waals surface area contributed by atoms with E-state index in [0.29, 0.717) is 11.3 Å². The van der Waals surface area contributed by atoms with Gasteiger partial charge in [-0.25, -0.2) is 9.59 Å². The van der Waals surface area contributed by atoms with E-state index in [1.165, 1.54) is 24.7 Å². The molecule has 0 spiro atoms. The van der Waals surface area contributed by atoms with E-state index in [4.69, 9.17) is 15.2 Å². The number of hydrogen-bond acceptors (Lipinski definition) is 8. The number of aromatic nitrogens is 1. The summed E-state index contributed by atoms with van der Waals surface area (Å²) in [5.74, 6) is -2.39. The van der Waals surface area contributed by atoms with Crippen molar-refractivity contribution in [3.05, 3.63) is 118 Å². The molecule has 2 aromatic carbocycles. The highest BCUT2D eigenvalue weighted by Crippen LogP contribution is 2.43. The molecule has 1 unspecified atom stereocenters. The van der Waals surface area contributed by atoms with E-state index in [0.717, 1.165) is 18.4 Å². The third-order valence-corrected chi connectivity index (χ3v) is 6.26. The molecule has 186 valence electrons. The molecule has 0 saturated heterocycles. The smallest absolute Gasteiger partial charge is 0.355 e. The van der Waals surface area contributed by atoms with Crippen LogP contribution in [0.2, 0.25) is 0 Å². The Morgan fingerprint density at radius 2 is 1.51 bits per heavy atom. The van der Waals surface area contributed by atoms with Gasteiger partial charge >= 0.3 is 11.9 Å². The summed E-state index contributed by atoms with van der Waals surface area (Å²) >= 11 is 0. The number of nitrogens with zero attached hydrogens (tertiary/aromatic N) is 3. The number of ether oxygens (including phenoxy) is 2. The van der Waals surface area contributed by atoms with Crippen molar-refractivity contribution in [3.63, 3.8) is 0 Å². The Kier molecular flexibility index (Phi) is 7.65. The van der Waals surface area contributed by atoms with E-state index in [-0.39, 0.29) is 22.7 Å². The molecule has 0 radical (unpaired) electrons. The molecule has 3 aromatic rings. The Balaban J connectivity index is 1.81. The van der Waals surface area contributed by atoms with Gasteiger partial charge in [0.05, 0.1) is 37.4 Å². The number of pyridine rings is 1. The van der Waals surface area contributed by atoms with Gasteiger partial charge in [0.15, 0.2) is 0 Å². The Labute approximate surface area is 215 Å². The fourth-order valence-electron chi connectivity index (χ4n) is 4.43. The van der Waals surface area contributed by atoms with Crippen molar-refractivity contribution < 1.29 is 19.1 Å². The standard InChI is InChI=1S/C29H26N4O4/c1-36-28(34)25-24(21-6-4-3-5-7-21)23(18-30)27(31)33(26(25)29(35)37-2)22-12-10-19(11-13-22)8-9-20-14-16-32-17-15-20/h3-7,10-17,24H,8-9,31H2,1-2H3. The van der Waals surface area contributed by atoms with E-state index < -0.39 is 17.9 Å². The normalized spacial score (nSPS) is 15.3. The van der Waals surface area contributed by atoms with Crippen LogP contribution in [0, 0.1) is 11.3 Å². The van der Waals surface area contributed by atoms with Crippen LogP contribution in [0.5, 0.6) is 0 Å². The van der Waals surface area contributed by atoms with Gasteiger partial charge in [-0.1, -0.05) is 42.5 Å². The van der Waals surface area contributed by atoms with Crippen molar-refractivity contribution in [2.24, 2.45) is 5.73 Å². The maximum Gasteiger partial charge on any atom is 0.355 e. The first-order valence-electron chi connectivity index (χ1n) is 11.6. The summed E-state index contributed by atoms with van der Waals surface area (Å²) < 4.78 is 10.1. The second-order valence-corrected chi connectivity index (χ2v) is 8.36. The lowest BCUT2D eigenvalue weighted by molar-refractivity contribution is -0.139. The maximum atomic E-state index is 13.1. The van der Waals surface area contributed by atoms with E-state index >= 15 is 0 Å². The van der Waals surface area contributed by atoms with Crippen molar-refractivity contribution in [2.75, 3.05) is 19.1 Å². The van der Waals surface area contributed by atoms with Crippen LogP contribution in [-0.2, 0) is 31.9 Å². The van der Waals surface area contributed by atoms with Crippen LogP contribution in [0.3, 0.4) is 0 Å². The summed E-state index contributed by atoms with van der Waals surface area (Å²) in [4.78, 5) is 31.7. The SMILES string of the molecule is COC(=O)C1=C(C(=O)OC)N(c2ccc(CCc3ccncc3)cc2)C(N)=C(C#N)C1c1ccccc1. The minimum Gasteiger partial charge on any atom is -0.466 e. The first kappa shape index (κ1) is 25.2. The Morgan fingerprint density at radius 1 is 0.919 bits per heavy atom. The number of aryl methyl sites for hydroxylation is 2. The lowest BCUT2D eigenvalue weighted by atomic mass is 9.81. The van der Waals surface area contributed by atoms with Crippen molar-refractivity contribution in [1.82, 2.24) is 4.98 Å². The number of carbonyl (C=O) groups is 2. The highest BCUT2D eigenvalue weighted by atomic mass is 16.5. The molecule has 4 rings (SSSR count). The second-order valence-electron chi connectivity index (χ2n) is 8.36. The van der Waals surface area contributed by atoms with E-state index in [1.54, 1.807) is 48.8 Å². The van der Waals surface area contributed by atoms with E-state index in [2.05, 4.69) is 11.1 Å². The van der Waals surface area contributed by atoms with Crippen molar-refractivity contribution >= 4 is 17.6 Å². The number of esters is 2. The van der Waals surface area contributed by atoms with Crippen LogP contribution < -0.4 is 10.6 Å². The number of rotatable bonds is 7. The molecule has 0 bridgehead atoms. The molecule has 8 heteroatoms. The molecule has 1 aliphatic heterocycles. The third-order valence-electron chi connectivity index (χ3n) is 6.26. The van der Waals surface area contributed by atoms with E-state index in [9.17, 15) is 14.9 Å². The van der Waals surface area contributed by atoms with Gasteiger partial charge in [-0.3, -0.25) is 9.88 Å². The molecule has 2 N–H and O–H groups in total. The summed E-state index contributed by atoms with van der Waals surface area (Å²) in [6, 6.07) is 22.4. The zero-order chi connectivity index (χ0) is 26.4. The number of hydrogen-bond donors (Lipinski definition) is 1. The number of carbonyl (C=O) groups excluding carboxylic acids is 2. The molecule has 8 nitrogen and oxygen atoms in total. The quantitative estimate of drug-likeness (QED) is 0.493. The summed E-state index contributed by atoms with van der Waals surface area (Å²) in [5, 5.41) is 10.1. The maximum absolute atomic E-state index is 13.1. The van der Waals surface area contributed by atoms with Crippen LogP contribution in [-0.4, -0.2) is 31.1 Å². The molecule has 0 fully saturated rings. The Hall–Kier alpha value is -4.90. The lowest BCUT2D eigenvalue weighted by Gasteiger charge is -2.35. The first-order chi connectivity index (χ1) is 18.0. The van der Waals surface area contributed by atoms with Crippen LogP contribution in [0.4, 0.5) is 5.69 Å². The highest BCUT2D eigenvalue weighted by Gasteiger charge is 2.42. The van der Waals surface area contributed by atoms with Crippen molar-refractivity contribution in [1.29, 1.82) is 5.26 Å². The van der Waals surface area contributed by atoms with Crippen LogP contribution in [0.1, 0.15) is 22.6 Å². The van der Waals surface area contributed by atoms with Gasteiger partial charge in [-0.05, 0) is 53.8 Å². The summed E-state index contributed by atoms with van der Waals surface area (Å²) in [7, 11) is 2.45. The number of benzene rings is 2. The Morgan fingerprint density at radius 3 is 2.08 bits per heavy atom. The average molecular weight is 495 g/mol. The van der Waals surface area contributed by atoms with Gasteiger partial charge in [0.2, 0.25) is 0 Å². The predicted molar refractivity (Wildman–Crippen MR) is 138 cm³/mol. The average Bonchev–Trinajstić information content (AvgIpc) is 2.95. The second kappa shape index (κ2) is 11.2. The third kappa shape index (κ3) is 5.07. The van der Waals surface area contributed by atoms with Crippen LogP contribution in [0.25, 0.3) is 0 Å². The van der Waals surface area contributed by atoms with Crippen LogP contribution >= 0.6 is 0 Å². The van der Waals surface area contributed by atoms with Gasteiger partial charge < -0.3 is 15.2 Å².